The molecule has 50 heavy (non-hydrogen) atoms. The Labute approximate surface area is 291 Å². The van der Waals surface area contributed by atoms with Gasteiger partial charge in [-0.1, -0.05) is 134 Å². The van der Waals surface area contributed by atoms with Gasteiger partial charge in [-0.3, -0.25) is 9.97 Å². The molecule has 3 heterocycles. The summed E-state index contributed by atoms with van der Waals surface area (Å²) in [5.41, 5.74) is 10.2. The van der Waals surface area contributed by atoms with E-state index in [1.54, 1.807) is 0 Å². The molecule has 8 rings (SSSR count). The maximum atomic E-state index is 4.79. The SMILES string of the molecule is CCc1cc(N(C)c2ccc(-c3ccccc3-c3nnnn3C(c3ccccc3)(c3ccccc3)c3ccccc3)cc2)c2ncccc2n1. The molecule has 0 saturated carbocycles. The van der Waals surface area contributed by atoms with Gasteiger partial charge in [0.05, 0.1) is 11.2 Å². The number of fused-ring (bicyclic) bond motifs is 1. The molecule has 0 radical (unpaired) electrons. The van der Waals surface area contributed by atoms with E-state index in [2.05, 4.69) is 150 Å². The maximum Gasteiger partial charge on any atom is 0.184 e. The highest BCUT2D eigenvalue weighted by Gasteiger charge is 2.42. The number of aromatic nitrogens is 6. The van der Waals surface area contributed by atoms with Crippen molar-refractivity contribution in [3.05, 3.63) is 186 Å². The lowest BCUT2D eigenvalue weighted by Crippen LogP contribution is -2.39. The summed E-state index contributed by atoms with van der Waals surface area (Å²) in [7, 11) is 2.08. The van der Waals surface area contributed by atoms with Crippen LogP contribution >= 0.6 is 0 Å². The summed E-state index contributed by atoms with van der Waals surface area (Å²) in [6.45, 7) is 2.13. The van der Waals surface area contributed by atoms with Crippen molar-refractivity contribution in [3.8, 4) is 22.5 Å². The summed E-state index contributed by atoms with van der Waals surface area (Å²) >= 11 is 0. The van der Waals surface area contributed by atoms with Crippen LogP contribution in [-0.2, 0) is 12.0 Å². The molecule has 0 aliphatic rings. The van der Waals surface area contributed by atoms with E-state index in [0.717, 1.165) is 67.9 Å². The molecule has 7 heteroatoms. The molecule has 7 nitrogen and oxygen atoms in total. The van der Waals surface area contributed by atoms with Crippen LogP contribution in [0.3, 0.4) is 0 Å². The van der Waals surface area contributed by atoms with Crippen molar-refractivity contribution in [1.82, 2.24) is 30.2 Å². The average molecular weight is 650 g/mol. The van der Waals surface area contributed by atoms with Crippen molar-refractivity contribution < 1.29 is 0 Å². The fraction of sp³-hybridized carbons (Fsp3) is 0.0930. The van der Waals surface area contributed by atoms with E-state index in [0.29, 0.717) is 5.82 Å². The van der Waals surface area contributed by atoms with Crippen molar-refractivity contribution in [2.75, 3.05) is 11.9 Å². The second kappa shape index (κ2) is 13.2. The van der Waals surface area contributed by atoms with E-state index in [1.165, 1.54) is 0 Å². The quantitative estimate of drug-likeness (QED) is 0.145. The largest absolute Gasteiger partial charge is 0.343 e. The number of benzene rings is 5. The highest BCUT2D eigenvalue weighted by atomic mass is 15.6. The minimum atomic E-state index is -0.846. The van der Waals surface area contributed by atoms with Crippen LogP contribution in [0, 0.1) is 0 Å². The van der Waals surface area contributed by atoms with E-state index in [9.17, 15) is 0 Å². The van der Waals surface area contributed by atoms with Gasteiger partial charge >= 0.3 is 0 Å². The lowest BCUT2D eigenvalue weighted by atomic mass is 9.77. The predicted octanol–water partition coefficient (Wildman–Crippen LogP) is 9.12. The minimum Gasteiger partial charge on any atom is -0.343 e. The summed E-state index contributed by atoms with van der Waals surface area (Å²) in [5.74, 6) is 0.666. The van der Waals surface area contributed by atoms with Gasteiger partial charge in [0, 0.05) is 30.2 Å². The Kier molecular flexibility index (Phi) is 8.14. The van der Waals surface area contributed by atoms with Gasteiger partial charge < -0.3 is 4.90 Å². The standard InChI is InChI=1S/C43H35N7/c1-3-35-30-40(41-39(45-35)24-15-29-44-41)49(2)36-27-25-31(26-28-36)37-22-13-14-23-38(37)42-46-47-48-50(42)43(32-16-7-4-8-17-32,33-18-9-5-10-19-33)34-20-11-6-12-21-34/h4-30H,3H2,1-2H3. The second-order valence-electron chi connectivity index (χ2n) is 12.2. The zero-order valence-electron chi connectivity index (χ0n) is 27.9. The number of nitrogens with zero attached hydrogens (tertiary/aromatic N) is 7. The van der Waals surface area contributed by atoms with Crippen molar-refractivity contribution in [3.63, 3.8) is 0 Å². The molecule has 0 bridgehead atoms. The molecule has 0 aliphatic carbocycles. The zero-order valence-corrected chi connectivity index (χ0v) is 27.9. The highest BCUT2D eigenvalue weighted by Crippen LogP contribution is 2.43. The van der Waals surface area contributed by atoms with Crippen LogP contribution in [0.2, 0.25) is 0 Å². The smallest absolute Gasteiger partial charge is 0.184 e. The molecule has 0 atom stereocenters. The number of pyridine rings is 2. The molecular formula is C43H35N7. The molecule has 0 amide bonds. The number of tetrazole rings is 1. The van der Waals surface area contributed by atoms with E-state index < -0.39 is 5.54 Å². The van der Waals surface area contributed by atoms with Crippen LogP contribution in [-0.4, -0.2) is 37.2 Å². The monoisotopic (exact) mass is 649 g/mol. The Morgan fingerprint density at radius 3 is 1.82 bits per heavy atom. The van der Waals surface area contributed by atoms with E-state index in [-0.39, 0.29) is 0 Å². The highest BCUT2D eigenvalue weighted by molar-refractivity contribution is 5.91. The fourth-order valence-corrected chi connectivity index (χ4v) is 6.95. The van der Waals surface area contributed by atoms with Crippen molar-refractivity contribution >= 4 is 22.4 Å². The molecule has 5 aromatic carbocycles. The third kappa shape index (κ3) is 5.29. The van der Waals surface area contributed by atoms with Gasteiger partial charge in [0.1, 0.15) is 11.1 Å². The zero-order chi connectivity index (χ0) is 33.9. The molecule has 0 unspecified atom stereocenters. The van der Waals surface area contributed by atoms with Crippen molar-refractivity contribution in [1.29, 1.82) is 0 Å². The first-order valence-corrected chi connectivity index (χ1v) is 16.8. The number of rotatable bonds is 9. The molecular weight excluding hydrogens is 615 g/mol. The van der Waals surface area contributed by atoms with Gasteiger partial charge in [0.25, 0.3) is 0 Å². The predicted molar refractivity (Wildman–Crippen MR) is 200 cm³/mol. The first-order chi connectivity index (χ1) is 24.7. The van der Waals surface area contributed by atoms with Crippen LogP contribution in [0.5, 0.6) is 0 Å². The molecule has 3 aromatic heterocycles. The summed E-state index contributed by atoms with van der Waals surface area (Å²) < 4.78 is 1.99. The van der Waals surface area contributed by atoms with Crippen molar-refractivity contribution in [2.45, 2.75) is 18.9 Å². The number of hydrogen-bond donors (Lipinski definition) is 0. The van der Waals surface area contributed by atoms with Gasteiger partial charge in [0.15, 0.2) is 5.82 Å². The molecule has 8 aromatic rings. The third-order valence-electron chi connectivity index (χ3n) is 9.42. The molecule has 0 fully saturated rings. The molecule has 0 N–H and O–H groups in total. The molecule has 0 spiro atoms. The normalized spacial score (nSPS) is 11.5. The van der Waals surface area contributed by atoms with Crippen LogP contribution in [0.25, 0.3) is 33.5 Å². The summed E-state index contributed by atoms with van der Waals surface area (Å²) in [6.07, 6.45) is 2.67. The average Bonchev–Trinajstić information content (AvgIpc) is 3.69. The van der Waals surface area contributed by atoms with Crippen LogP contribution in [0.15, 0.2) is 164 Å². The van der Waals surface area contributed by atoms with Gasteiger partial charge in [-0.05, 0) is 75.0 Å². The van der Waals surface area contributed by atoms with Crippen LogP contribution < -0.4 is 4.90 Å². The van der Waals surface area contributed by atoms with Gasteiger partial charge in [-0.2, -0.15) is 0 Å². The molecule has 0 saturated heterocycles. The Morgan fingerprint density at radius 1 is 0.640 bits per heavy atom. The lowest BCUT2D eigenvalue weighted by molar-refractivity contribution is 0.451. The topological polar surface area (TPSA) is 72.6 Å². The van der Waals surface area contributed by atoms with Gasteiger partial charge in [0.2, 0.25) is 0 Å². The molecule has 242 valence electrons. The minimum absolute atomic E-state index is 0.666. The summed E-state index contributed by atoms with van der Waals surface area (Å²) in [6, 6.07) is 54.5. The summed E-state index contributed by atoms with van der Waals surface area (Å²) in [5, 5.41) is 13.8. The van der Waals surface area contributed by atoms with Crippen molar-refractivity contribution in [2.24, 2.45) is 0 Å². The maximum absolute atomic E-state index is 4.79. The first kappa shape index (κ1) is 30.8. The lowest BCUT2D eigenvalue weighted by Gasteiger charge is -2.36. The Bertz CT molecular complexity index is 2270. The molecule has 0 aliphatic heterocycles. The Hall–Kier alpha value is -6.47. The van der Waals surface area contributed by atoms with E-state index in [4.69, 9.17) is 15.3 Å². The van der Waals surface area contributed by atoms with Crippen LogP contribution in [0.1, 0.15) is 29.3 Å². The van der Waals surface area contributed by atoms with Crippen LogP contribution in [0.4, 0.5) is 11.4 Å². The van der Waals surface area contributed by atoms with E-state index in [1.807, 2.05) is 47.3 Å². The number of anilines is 2. The van der Waals surface area contributed by atoms with Gasteiger partial charge in [-0.15, -0.1) is 5.10 Å². The third-order valence-corrected chi connectivity index (χ3v) is 9.42. The number of aryl methyl sites for hydroxylation is 1. The first-order valence-electron chi connectivity index (χ1n) is 16.8. The number of hydrogen-bond acceptors (Lipinski definition) is 6. The van der Waals surface area contributed by atoms with E-state index >= 15 is 0 Å². The summed E-state index contributed by atoms with van der Waals surface area (Å²) in [4.78, 5) is 11.7. The fourth-order valence-electron chi connectivity index (χ4n) is 6.95. The second-order valence-corrected chi connectivity index (χ2v) is 12.2. The van der Waals surface area contributed by atoms with Gasteiger partial charge in [-0.25, -0.2) is 4.68 Å². The Morgan fingerprint density at radius 2 is 1.22 bits per heavy atom. The Balaban J connectivity index is 1.26.